The van der Waals surface area contributed by atoms with E-state index in [9.17, 15) is 18.0 Å². The van der Waals surface area contributed by atoms with Crippen molar-refractivity contribution in [2.24, 2.45) is 5.10 Å². The SMILES string of the molecule is CS(=O)(=O)N(CC(=O)N/N=C\c1ccc(OCC(=O)NCCc2ccccc2)cc1)c1ccccc1Cl. The van der Waals surface area contributed by atoms with Crippen LogP contribution < -0.4 is 19.8 Å². The van der Waals surface area contributed by atoms with Gasteiger partial charge in [0.05, 0.1) is 23.2 Å². The zero-order valence-electron chi connectivity index (χ0n) is 20.1. The summed E-state index contributed by atoms with van der Waals surface area (Å²) in [5.74, 6) is -0.355. The van der Waals surface area contributed by atoms with Gasteiger partial charge in [0.2, 0.25) is 10.0 Å². The Bertz CT molecular complexity index is 1330. The van der Waals surface area contributed by atoms with Gasteiger partial charge in [0.25, 0.3) is 11.8 Å². The van der Waals surface area contributed by atoms with Crippen molar-refractivity contribution in [3.8, 4) is 5.75 Å². The van der Waals surface area contributed by atoms with E-state index in [0.717, 1.165) is 22.5 Å². The molecular formula is C26H27ClN4O5S. The fourth-order valence-corrected chi connectivity index (χ4v) is 4.38. The normalized spacial score (nSPS) is 11.2. The predicted molar refractivity (Wildman–Crippen MR) is 144 cm³/mol. The molecule has 0 bridgehead atoms. The average molecular weight is 543 g/mol. The second-order valence-corrected chi connectivity index (χ2v) is 10.3. The van der Waals surface area contributed by atoms with Crippen molar-refractivity contribution in [2.75, 3.05) is 30.3 Å². The second-order valence-electron chi connectivity index (χ2n) is 7.96. The third kappa shape index (κ3) is 9.25. The number of anilines is 1. The Morgan fingerprint density at radius 1 is 0.973 bits per heavy atom. The monoisotopic (exact) mass is 542 g/mol. The van der Waals surface area contributed by atoms with E-state index in [0.29, 0.717) is 17.9 Å². The number of carbonyl (C=O) groups excluding carboxylic acids is 2. The van der Waals surface area contributed by atoms with Crippen LogP contribution in [-0.4, -0.2) is 52.4 Å². The molecule has 0 saturated heterocycles. The molecule has 37 heavy (non-hydrogen) atoms. The van der Waals surface area contributed by atoms with Crippen molar-refractivity contribution in [3.05, 3.63) is 95.0 Å². The summed E-state index contributed by atoms with van der Waals surface area (Å²) < 4.78 is 30.7. The van der Waals surface area contributed by atoms with Crippen molar-refractivity contribution in [3.63, 3.8) is 0 Å². The number of carbonyl (C=O) groups is 2. The smallest absolute Gasteiger partial charge is 0.260 e. The van der Waals surface area contributed by atoms with Crippen LogP contribution in [-0.2, 0) is 26.0 Å². The molecule has 3 aromatic rings. The molecule has 0 aliphatic heterocycles. The van der Waals surface area contributed by atoms with Gasteiger partial charge in [-0.25, -0.2) is 13.8 Å². The first-order valence-corrected chi connectivity index (χ1v) is 13.5. The van der Waals surface area contributed by atoms with E-state index < -0.39 is 22.5 Å². The maximum Gasteiger partial charge on any atom is 0.260 e. The highest BCUT2D eigenvalue weighted by molar-refractivity contribution is 7.92. The maximum absolute atomic E-state index is 12.3. The molecule has 2 amide bonds. The summed E-state index contributed by atoms with van der Waals surface area (Å²) in [6.45, 7) is -0.0751. The quantitative estimate of drug-likeness (QED) is 0.269. The minimum Gasteiger partial charge on any atom is -0.484 e. The molecule has 0 radical (unpaired) electrons. The Kier molecular flexibility index (Phi) is 10.0. The molecule has 0 heterocycles. The van der Waals surface area contributed by atoms with Gasteiger partial charge in [-0.15, -0.1) is 0 Å². The lowest BCUT2D eigenvalue weighted by Gasteiger charge is -2.22. The molecule has 194 valence electrons. The molecule has 0 saturated carbocycles. The Morgan fingerprint density at radius 3 is 2.32 bits per heavy atom. The molecule has 0 aliphatic rings. The fraction of sp³-hybridized carbons (Fsp3) is 0.192. The van der Waals surface area contributed by atoms with Crippen molar-refractivity contribution < 1.29 is 22.7 Å². The standard InChI is InChI=1S/C26H27ClN4O5S/c1-37(34,35)31(24-10-6-5-9-23(24)27)18-25(32)30-29-17-21-11-13-22(14-12-21)36-19-26(33)28-16-15-20-7-3-2-4-8-20/h2-14,17H,15-16,18-19H2,1H3,(H,28,33)(H,30,32)/b29-17-. The molecule has 9 nitrogen and oxygen atoms in total. The molecule has 3 aromatic carbocycles. The topological polar surface area (TPSA) is 117 Å². The number of ether oxygens (including phenoxy) is 1. The number of sulfonamides is 1. The molecule has 0 unspecified atom stereocenters. The zero-order chi connectivity index (χ0) is 26.7. The van der Waals surface area contributed by atoms with E-state index >= 15 is 0 Å². The Labute approximate surface area is 221 Å². The van der Waals surface area contributed by atoms with Gasteiger partial charge in [-0.3, -0.25) is 13.9 Å². The number of hydrazone groups is 1. The van der Waals surface area contributed by atoms with Crippen LogP contribution in [0.1, 0.15) is 11.1 Å². The summed E-state index contributed by atoms with van der Waals surface area (Å²) in [5.41, 5.74) is 4.31. The van der Waals surface area contributed by atoms with E-state index in [1.807, 2.05) is 30.3 Å². The summed E-state index contributed by atoms with van der Waals surface area (Å²) in [6.07, 6.45) is 3.13. The first-order valence-electron chi connectivity index (χ1n) is 11.3. The number of rotatable bonds is 12. The zero-order valence-corrected chi connectivity index (χ0v) is 21.7. The largest absolute Gasteiger partial charge is 0.484 e. The third-order valence-electron chi connectivity index (χ3n) is 5.04. The number of benzene rings is 3. The van der Waals surface area contributed by atoms with Crippen molar-refractivity contribution >= 4 is 45.3 Å². The molecule has 0 aromatic heterocycles. The number of hydrogen-bond donors (Lipinski definition) is 2. The summed E-state index contributed by atoms with van der Waals surface area (Å²) in [7, 11) is -3.75. The van der Waals surface area contributed by atoms with Crippen molar-refractivity contribution in [2.45, 2.75) is 6.42 Å². The van der Waals surface area contributed by atoms with Gasteiger partial charge in [-0.1, -0.05) is 54.1 Å². The predicted octanol–water partition coefficient (Wildman–Crippen LogP) is 2.99. The minimum absolute atomic E-state index is 0.111. The van der Waals surface area contributed by atoms with Crippen LogP contribution in [0, 0.1) is 0 Å². The van der Waals surface area contributed by atoms with Gasteiger partial charge >= 0.3 is 0 Å². The van der Waals surface area contributed by atoms with Gasteiger partial charge in [0, 0.05) is 6.54 Å². The number of hydrogen-bond acceptors (Lipinski definition) is 6. The summed E-state index contributed by atoms with van der Waals surface area (Å²) in [5, 5.41) is 6.89. The van der Waals surface area contributed by atoms with Crippen LogP contribution in [0.4, 0.5) is 5.69 Å². The highest BCUT2D eigenvalue weighted by Gasteiger charge is 2.22. The number of nitrogens with one attached hydrogen (secondary N) is 2. The number of halogens is 1. The summed E-state index contributed by atoms with van der Waals surface area (Å²) in [6, 6.07) is 22.9. The van der Waals surface area contributed by atoms with Crippen LogP contribution in [0.15, 0.2) is 84.0 Å². The Balaban J connectivity index is 1.44. The lowest BCUT2D eigenvalue weighted by molar-refractivity contribution is -0.123. The molecule has 0 spiro atoms. The molecular weight excluding hydrogens is 516 g/mol. The van der Waals surface area contributed by atoms with Gasteiger partial charge in [0.1, 0.15) is 12.3 Å². The summed E-state index contributed by atoms with van der Waals surface area (Å²) in [4.78, 5) is 24.3. The van der Waals surface area contributed by atoms with Crippen LogP contribution in [0.2, 0.25) is 5.02 Å². The van der Waals surface area contributed by atoms with E-state index in [-0.39, 0.29) is 23.2 Å². The number of nitrogens with zero attached hydrogens (tertiary/aromatic N) is 2. The molecule has 0 atom stereocenters. The molecule has 11 heteroatoms. The maximum atomic E-state index is 12.3. The molecule has 2 N–H and O–H groups in total. The Hall–Kier alpha value is -3.89. The highest BCUT2D eigenvalue weighted by Crippen LogP contribution is 2.26. The second kappa shape index (κ2) is 13.4. The lowest BCUT2D eigenvalue weighted by atomic mass is 10.1. The van der Waals surface area contributed by atoms with E-state index in [1.54, 1.807) is 36.4 Å². The Morgan fingerprint density at radius 2 is 1.65 bits per heavy atom. The van der Waals surface area contributed by atoms with Crippen LogP contribution >= 0.6 is 11.6 Å². The highest BCUT2D eigenvalue weighted by atomic mass is 35.5. The van der Waals surface area contributed by atoms with Gasteiger partial charge in [0.15, 0.2) is 6.61 Å². The summed E-state index contributed by atoms with van der Waals surface area (Å²) >= 11 is 6.09. The third-order valence-corrected chi connectivity index (χ3v) is 6.49. The van der Waals surface area contributed by atoms with Crippen molar-refractivity contribution in [1.29, 1.82) is 0 Å². The molecule has 0 fully saturated rings. The number of amides is 2. The number of para-hydroxylation sites is 1. The average Bonchev–Trinajstić information content (AvgIpc) is 2.87. The molecule has 0 aliphatic carbocycles. The van der Waals surface area contributed by atoms with Crippen LogP contribution in [0.3, 0.4) is 0 Å². The van der Waals surface area contributed by atoms with Gasteiger partial charge < -0.3 is 10.1 Å². The van der Waals surface area contributed by atoms with E-state index in [1.165, 1.54) is 18.3 Å². The van der Waals surface area contributed by atoms with Crippen molar-refractivity contribution in [1.82, 2.24) is 10.7 Å². The lowest BCUT2D eigenvalue weighted by Crippen LogP contribution is -2.39. The van der Waals surface area contributed by atoms with E-state index in [2.05, 4.69) is 15.8 Å². The molecule has 3 rings (SSSR count). The van der Waals surface area contributed by atoms with Crippen LogP contribution in [0.25, 0.3) is 0 Å². The minimum atomic E-state index is -3.75. The first kappa shape index (κ1) is 27.7. The van der Waals surface area contributed by atoms with Gasteiger partial charge in [-0.2, -0.15) is 5.10 Å². The van der Waals surface area contributed by atoms with E-state index in [4.69, 9.17) is 16.3 Å². The van der Waals surface area contributed by atoms with Crippen LogP contribution in [0.5, 0.6) is 5.75 Å². The van der Waals surface area contributed by atoms with Gasteiger partial charge in [-0.05, 0) is 53.9 Å². The first-order chi connectivity index (χ1) is 17.7. The fourth-order valence-electron chi connectivity index (χ4n) is 3.22.